The van der Waals surface area contributed by atoms with E-state index in [-0.39, 0.29) is 11.5 Å². The molecule has 0 aromatic carbocycles. The number of carbonyl (C=O) groups is 1. The van der Waals surface area contributed by atoms with Crippen molar-refractivity contribution in [3.63, 3.8) is 0 Å². The van der Waals surface area contributed by atoms with Crippen LogP contribution in [0.25, 0.3) is 27.8 Å². The molecule has 1 aliphatic carbocycles. The molecule has 2 N–H and O–H groups in total. The molecule has 31 heavy (non-hydrogen) atoms. The molecule has 0 bridgehead atoms. The number of likely N-dealkylation sites (tertiary alicyclic amines) is 1. The van der Waals surface area contributed by atoms with Gasteiger partial charge in [-0.25, -0.2) is 9.97 Å². The van der Waals surface area contributed by atoms with E-state index in [9.17, 15) is 4.79 Å². The van der Waals surface area contributed by atoms with Crippen molar-refractivity contribution in [2.75, 3.05) is 18.4 Å². The maximum atomic E-state index is 12.8. The quantitative estimate of drug-likeness (QED) is 0.533. The standard InChI is InChI=1S/C23H25N7O/c1-23(21(31)29-7-2-3-8-29)10-16(11-23)27-22-26-13-18-17(12-25-20(18)28-22)15-4-5-19-24-6-9-30(19)14-15/h4-6,9,12-14,16H,2-3,7-8,10-11H2,1H3,(H2,25,26,27,28)/t16-,23+. The molecule has 1 saturated carbocycles. The maximum Gasteiger partial charge on any atom is 0.228 e. The van der Waals surface area contributed by atoms with Crippen molar-refractivity contribution in [2.24, 2.45) is 5.41 Å². The fraction of sp³-hybridized carbons (Fsp3) is 0.391. The van der Waals surface area contributed by atoms with E-state index < -0.39 is 0 Å². The fourth-order valence-electron chi connectivity index (χ4n) is 5.08. The second-order valence-corrected chi connectivity index (χ2v) is 9.08. The SMILES string of the molecule is C[C@]1(C(=O)N2CCCC2)C[C@@H](Nc2ncc3c(-c4ccc5nccn5c4)c[nH]c3n2)C1. The van der Waals surface area contributed by atoms with Crippen LogP contribution in [0.4, 0.5) is 5.95 Å². The predicted molar refractivity (Wildman–Crippen MR) is 119 cm³/mol. The molecule has 6 rings (SSSR count). The van der Waals surface area contributed by atoms with Crippen molar-refractivity contribution in [3.8, 4) is 11.1 Å². The highest BCUT2D eigenvalue weighted by Gasteiger charge is 2.48. The Morgan fingerprint density at radius 2 is 2.06 bits per heavy atom. The molecule has 8 heteroatoms. The lowest BCUT2D eigenvalue weighted by Gasteiger charge is -2.45. The van der Waals surface area contributed by atoms with Crippen LogP contribution in [-0.2, 0) is 4.79 Å². The van der Waals surface area contributed by atoms with Crippen molar-refractivity contribution < 1.29 is 4.79 Å². The number of imidazole rings is 1. The Hall–Kier alpha value is -3.42. The van der Waals surface area contributed by atoms with Gasteiger partial charge in [0.2, 0.25) is 11.9 Å². The molecule has 1 aliphatic heterocycles. The van der Waals surface area contributed by atoms with Gasteiger partial charge in [-0.2, -0.15) is 4.98 Å². The predicted octanol–water partition coefficient (Wildman–Crippen LogP) is 3.48. The Morgan fingerprint density at radius 3 is 2.90 bits per heavy atom. The first-order valence-corrected chi connectivity index (χ1v) is 10.9. The Labute approximate surface area is 179 Å². The summed E-state index contributed by atoms with van der Waals surface area (Å²) in [6.07, 6.45) is 13.5. The molecule has 1 amide bonds. The molecular formula is C23H25N7O. The summed E-state index contributed by atoms with van der Waals surface area (Å²) in [6, 6.07) is 4.29. The van der Waals surface area contributed by atoms with Crippen molar-refractivity contribution in [1.29, 1.82) is 0 Å². The summed E-state index contributed by atoms with van der Waals surface area (Å²) in [5, 5.41) is 4.39. The average Bonchev–Trinajstić information content (AvgIpc) is 3.51. The second-order valence-electron chi connectivity index (χ2n) is 9.08. The van der Waals surface area contributed by atoms with Gasteiger partial charge in [0.15, 0.2) is 0 Å². The minimum Gasteiger partial charge on any atom is -0.351 e. The molecule has 0 radical (unpaired) electrons. The van der Waals surface area contributed by atoms with Gasteiger partial charge < -0.3 is 19.6 Å². The fourth-order valence-corrected chi connectivity index (χ4v) is 5.08. The van der Waals surface area contributed by atoms with Crippen LogP contribution < -0.4 is 5.32 Å². The molecule has 0 spiro atoms. The summed E-state index contributed by atoms with van der Waals surface area (Å²) in [6.45, 7) is 3.91. The van der Waals surface area contributed by atoms with E-state index in [1.807, 2.05) is 34.0 Å². The lowest BCUT2D eigenvalue weighted by atomic mass is 9.66. The number of aromatic nitrogens is 5. The number of amides is 1. The van der Waals surface area contributed by atoms with Crippen LogP contribution in [0.3, 0.4) is 0 Å². The molecule has 2 aliphatic rings. The minimum atomic E-state index is -0.252. The molecule has 5 heterocycles. The zero-order valence-corrected chi connectivity index (χ0v) is 17.5. The van der Waals surface area contributed by atoms with E-state index in [4.69, 9.17) is 0 Å². The lowest BCUT2D eigenvalue weighted by molar-refractivity contribution is -0.145. The highest BCUT2D eigenvalue weighted by molar-refractivity contribution is 5.93. The van der Waals surface area contributed by atoms with E-state index >= 15 is 0 Å². The van der Waals surface area contributed by atoms with Crippen LogP contribution in [0.2, 0.25) is 0 Å². The molecule has 0 unspecified atom stereocenters. The largest absolute Gasteiger partial charge is 0.351 e. The number of hydrogen-bond donors (Lipinski definition) is 2. The van der Waals surface area contributed by atoms with Gasteiger partial charge in [-0.1, -0.05) is 6.92 Å². The zero-order chi connectivity index (χ0) is 21.0. The number of anilines is 1. The van der Waals surface area contributed by atoms with Crippen LogP contribution in [0, 0.1) is 5.41 Å². The normalized spacial score (nSPS) is 23.4. The minimum absolute atomic E-state index is 0.229. The number of nitrogens with one attached hydrogen (secondary N) is 2. The molecule has 4 aromatic rings. The molecule has 0 atom stereocenters. The summed E-state index contributed by atoms with van der Waals surface area (Å²) in [5.41, 5.74) is 3.61. The van der Waals surface area contributed by atoms with Crippen LogP contribution in [0.15, 0.2) is 43.1 Å². The van der Waals surface area contributed by atoms with Gasteiger partial charge in [0.1, 0.15) is 11.3 Å². The number of H-pyrrole nitrogens is 1. The van der Waals surface area contributed by atoms with Crippen LogP contribution in [-0.4, -0.2) is 54.3 Å². The highest BCUT2D eigenvalue weighted by atomic mass is 16.2. The van der Waals surface area contributed by atoms with E-state index in [0.29, 0.717) is 11.9 Å². The number of fused-ring (bicyclic) bond motifs is 2. The Balaban J connectivity index is 1.18. The molecule has 158 valence electrons. The first-order valence-electron chi connectivity index (χ1n) is 10.9. The van der Waals surface area contributed by atoms with Crippen LogP contribution in [0.5, 0.6) is 0 Å². The zero-order valence-electron chi connectivity index (χ0n) is 17.5. The third kappa shape index (κ3) is 3.05. The second kappa shape index (κ2) is 6.80. The first kappa shape index (κ1) is 18.4. The molecule has 2 fully saturated rings. The topological polar surface area (TPSA) is 91.2 Å². The van der Waals surface area contributed by atoms with Gasteiger partial charge in [-0.3, -0.25) is 4.79 Å². The van der Waals surface area contributed by atoms with Gasteiger partial charge in [0.05, 0.1) is 5.41 Å². The number of pyridine rings is 1. The monoisotopic (exact) mass is 415 g/mol. The summed E-state index contributed by atoms with van der Waals surface area (Å²) in [4.78, 5) is 31.6. The summed E-state index contributed by atoms with van der Waals surface area (Å²) >= 11 is 0. The van der Waals surface area contributed by atoms with Gasteiger partial charge in [-0.15, -0.1) is 0 Å². The number of nitrogens with zero attached hydrogens (tertiary/aromatic N) is 5. The summed E-state index contributed by atoms with van der Waals surface area (Å²) in [5.74, 6) is 0.912. The number of hydrogen-bond acceptors (Lipinski definition) is 5. The molecule has 1 saturated heterocycles. The van der Waals surface area contributed by atoms with Gasteiger partial charge in [-0.05, 0) is 37.8 Å². The number of rotatable bonds is 4. The average molecular weight is 416 g/mol. The van der Waals surface area contributed by atoms with E-state index in [2.05, 4.69) is 44.4 Å². The van der Waals surface area contributed by atoms with E-state index in [0.717, 1.165) is 66.6 Å². The van der Waals surface area contributed by atoms with Crippen LogP contribution in [0.1, 0.15) is 32.6 Å². The smallest absolute Gasteiger partial charge is 0.228 e. The summed E-state index contributed by atoms with van der Waals surface area (Å²) in [7, 11) is 0. The van der Waals surface area contributed by atoms with Gasteiger partial charge in [0.25, 0.3) is 0 Å². The van der Waals surface area contributed by atoms with Crippen molar-refractivity contribution in [1.82, 2.24) is 29.2 Å². The van der Waals surface area contributed by atoms with Crippen LogP contribution >= 0.6 is 0 Å². The lowest BCUT2D eigenvalue weighted by Crippen LogP contribution is -2.53. The van der Waals surface area contributed by atoms with E-state index in [1.165, 1.54) is 0 Å². The number of carbonyl (C=O) groups excluding carboxylic acids is 1. The van der Waals surface area contributed by atoms with Crippen molar-refractivity contribution in [3.05, 3.63) is 43.1 Å². The maximum absolute atomic E-state index is 12.8. The number of aromatic amines is 1. The Bertz CT molecular complexity index is 1280. The van der Waals surface area contributed by atoms with Crippen molar-refractivity contribution >= 4 is 28.5 Å². The van der Waals surface area contributed by atoms with Gasteiger partial charge >= 0.3 is 0 Å². The third-order valence-electron chi connectivity index (χ3n) is 6.77. The Morgan fingerprint density at radius 1 is 1.23 bits per heavy atom. The molecular weight excluding hydrogens is 390 g/mol. The third-order valence-corrected chi connectivity index (χ3v) is 6.77. The molecule has 8 nitrogen and oxygen atoms in total. The highest BCUT2D eigenvalue weighted by Crippen LogP contribution is 2.44. The van der Waals surface area contributed by atoms with Gasteiger partial charge in [0, 0.05) is 66.6 Å². The summed E-state index contributed by atoms with van der Waals surface area (Å²) < 4.78 is 2.00. The first-order chi connectivity index (χ1) is 15.1. The van der Waals surface area contributed by atoms with Crippen molar-refractivity contribution in [2.45, 2.75) is 38.6 Å². The van der Waals surface area contributed by atoms with E-state index in [1.54, 1.807) is 6.20 Å². The molecule has 4 aromatic heterocycles. The Kier molecular flexibility index (Phi) is 4.03.